The minimum absolute atomic E-state index is 0.0632. The van der Waals surface area contributed by atoms with Gasteiger partial charge in [-0.1, -0.05) is 41.8 Å². The van der Waals surface area contributed by atoms with Crippen molar-refractivity contribution in [1.82, 2.24) is 14.2 Å². The number of piperidine rings is 2. The standard InChI is InChI=1S/C26H33Cl2N3O4S/c1-19-8-6-9-20(29-19)16-21-10-2-4-14-30(21)25(32)18-35-17-22-11-3-5-15-31(22)36(33,34)26-23(27)12-7-13-24(26)28/h6-9,12-13,21-22H,2-5,10-11,14-18H2,1H3. The molecule has 2 aromatic rings. The fraction of sp³-hybridized carbons (Fsp3) is 0.538. The van der Waals surface area contributed by atoms with E-state index in [2.05, 4.69) is 4.98 Å². The number of carbonyl (C=O) groups is 1. The van der Waals surface area contributed by atoms with E-state index in [1.807, 2.05) is 30.0 Å². The first-order valence-corrected chi connectivity index (χ1v) is 14.7. The van der Waals surface area contributed by atoms with Gasteiger partial charge < -0.3 is 9.64 Å². The third-order valence-corrected chi connectivity index (χ3v) is 9.84. The summed E-state index contributed by atoms with van der Waals surface area (Å²) in [5.74, 6) is -0.0632. The molecule has 0 saturated carbocycles. The molecule has 2 atom stereocenters. The summed E-state index contributed by atoms with van der Waals surface area (Å²) in [6, 6.07) is 10.4. The number of hydrogen-bond donors (Lipinski definition) is 0. The number of aryl methyl sites for hydroxylation is 1. The number of carbonyl (C=O) groups excluding carboxylic acids is 1. The van der Waals surface area contributed by atoms with Gasteiger partial charge in [0.25, 0.3) is 0 Å². The van der Waals surface area contributed by atoms with Gasteiger partial charge in [0, 0.05) is 43.0 Å². The van der Waals surface area contributed by atoms with Crippen molar-refractivity contribution in [3.8, 4) is 0 Å². The molecule has 1 amide bonds. The first-order chi connectivity index (χ1) is 17.3. The van der Waals surface area contributed by atoms with Gasteiger partial charge in [-0.3, -0.25) is 9.78 Å². The SMILES string of the molecule is Cc1cccc(CC2CCCCN2C(=O)COCC2CCCCN2S(=O)(=O)c2c(Cl)cccc2Cl)n1. The van der Waals surface area contributed by atoms with Crippen LogP contribution in [0.15, 0.2) is 41.3 Å². The van der Waals surface area contributed by atoms with Crippen LogP contribution in [0.3, 0.4) is 0 Å². The number of rotatable bonds is 8. The minimum atomic E-state index is -3.90. The number of halogens is 2. The summed E-state index contributed by atoms with van der Waals surface area (Å²) >= 11 is 12.4. The van der Waals surface area contributed by atoms with Crippen molar-refractivity contribution in [3.05, 3.63) is 57.8 Å². The number of amides is 1. The number of sulfonamides is 1. The third-order valence-electron chi connectivity index (χ3n) is 6.93. The second-order valence-corrected chi connectivity index (χ2v) is 12.2. The Labute approximate surface area is 223 Å². The second-order valence-electron chi connectivity index (χ2n) is 9.54. The summed E-state index contributed by atoms with van der Waals surface area (Å²) in [6.45, 7) is 3.10. The molecule has 36 heavy (non-hydrogen) atoms. The fourth-order valence-electron chi connectivity index (χ4n) is 5.16. The average Bonchev–Trinajstić information content (AvgIpc) is 2.84. The molecule has 2 aliphatic rings. The van der Waals surface area contributed by atoms with Gasteiger partial charge in [0.15, 0.2) is 0 Å². The van der Waals surface area contributed by atoms with Crippen LogP contribution in [0.1, 0.15) is 49.9 Å². The Morgan fingerprint density at radius 3 is 2.39 bits per heavy atom. The summed E-state index contributed by atoms with van der Waals surface area (Å²) in [7, 11) is -3.90. The quantitative estimate of drug-likeness (QED) is 0.465. The molecule has 196 valence electrons. The summed E-state index contributed by atoms with van der Waals surface area (Å²) in [5, 5.41) is 0.198. The summed E-state index contributed by atoms with van der Waals surface area (Å²) < 4.78 is 34.2. The molecule has 0 aliphatic carbocycles. The lowest BCUT2D eigenvalue weighted by atomic mass is 9.97. The van der Waals surface area contributed by atoms with Crippen LogP contribution in [0.5, 0.6) is 0 Å². The fourth-order valence-corrected chi connectivity index (χ4v) is 7.94. The molecule has 0 radical (unpaired) electrons. The Hall–Kier alpha value is -1.71. The number of benzene rings is 1. The molecule has 2 saturated heterocycles. The molecule has 1 aromatic heterocycles. The maximum atomic E-state index is 13.4. The maximum Gasteiger partial charge on any atom is 0.248 e. The van der Waals surface area contributed by atoms with Crippen LogP contribution >= 0.6 is 23.2 Å². The molecule has 4 rings (SSSR count). The number of aromatic nitrogens is 1. The van der Waals surface area contributed by atoms with Crippen LogP contribution < -0.4 is 0 Å². The smallest absolute Gasteiger partial charge is 0.248 e. The monoisotopic (exact) mass is 553 g/mol. The summed E-state index contributed by atoms with van der Waals surface area (Å²) in [4.78, 5) is 19.6. The maximum absolute atomic E-state index is 13.4. The molecular formula is C26H33Cl2N3O4S. The van der Waals surface area contributed by atoms with Gasteiger partial charge in [-0.2, -0.15) is 4.31 Å². The van der Waals surface area contributed by atoms with E-state index in [0.717, 1.165) is 49.9 Å². The zero-order chi connectivity index (χ0) is 25.7. The topological polar surface area (TPSA) is 79.8 Å². The predicted molar refractivity (Wildman–Crippen MR) is 141 cm³/mol. The molecular weight excluding hydrogens is 521 g/mol. The molecule has 2 unspecified atom stereocenters. The van der Waals surface area contributed by atoms with E-state index in [4.69, 9.17) is 27.9 Å². The largest absolute Gasteiger partial charge is 0.370 e. The normalized spacial score (nSPS) is 21.5. The van der Waals surface area contributed by atoms with Gasteiger partial charge in [0.05, 0.1) is 16.7 Å². The van der Waals surface area contributed by atoms with Crippen LogP contribution in [0.2, 0.25) is 10.0 Å². The lowest BCUT2D eigenvalue weighted by molar-refractivity contribution is -0.140. The lowest BCUT2D eigenvalue weighted by Crippen LogP contribution is -2.48. The first-order valence-electron chi connectivity index (χ1n) is 12.5. The highest BCUT2D eigenvalue weighted by atomic mass is 35.5. The Morgan fingerprint density at radius 1 is 1.00 bits per heavy atom. The Morgan fingerprint density at radius 2 is 1.67 bits per heavy atom. The van der Waals surface area contributed by atoms with Crippen molar-refractivity contribution < 1.29 is 17.9 Å². The number of nitrogens with zero attached hydrogens (tertiary/aromatic N) is 3. The van der Waals surface area contributed by atoms with Crippen LogP contribution in [-0.2, 0) is 26.0 Å². The van der Waals surface area contributed by atoms with Gasteiger partial charge in [-0.15, -0.1) is 0 Å². The van der Waals surface area contributed by atoms with Gasteiger partial charge in [0.1, 0.15) is 11.5 Å². The molecule has 1 aromatic carbocycles. The van der Waals surface area contributed by atoms with E-state index >= 15 is 0 Å². The van der Waals surface area contributed by atoms with E-state index in [1.165, 1.54) is 16.4 Å². The van der Waals surface area contributed by atoms with Gasteiger partial charge in [0.2, 0.25) is 15.9 Å². The third kappa shape index (κ3) is 6.40. The Kier molecular flexibility index (Phi) is 9.28. The van der Waals surface area contributed by atoms with Crippen LogP contribution in [0, 0.1) is 6.92 Å². The van der Waals surface area contributed by atoms with E-state index in [-0.39, 0.29) is 46.1 Å². The zero-order valence-corrected chi connectivity index (χ0v) is 22.9. The van der Waals surface area contributed by atoms with E-state index in [9.17, 15) is 13.2 Å². The van der Waals surface area contributed by atoms with E-state index < -0.39 is 10.0 Å². The number of pyridine rings is 1. The minimum Gasteiger partial charge on any atom is -0.370 e. The lowest BCUT2D eigenvalue weighted by Gasteiger charge is -2.37. The van der Waals surface area contributed by atoms with Crippen LogP contribution in [0.4, 0.5) is 0 Å². The molecule has 7 nitrogen and oxygen atoms in total. The molecule has 0 bridgehead atoms. The van der Waals surface area contributed by atoms with Crippen molar-refractivity contribution in [1.29, 1.82) is 0 Å². The summed E-state index contributed by atoms with van der Waals surface area (Å²) in [5.41, 5.74) is 1.96. The number of ether oxygens (including phenoxy) is 1. The Bertz CT molecular complexity index is 1160. The van der Waals surface area contributed by atoms with Crippen molar-refractivity contribution in [2.75, 3.05) is 26.3 Å². The molecule has 2 aliphatic heterocycles. The van der Waals surface area contributed by atoms with Crippen LogP contribution in [-0.4, -0.2) is 66.9 Å². The summed E-state index contributed by atoms with van der Waals surface area (Å²) in [6.07, 6.45) is 6.01. The highest BCUT2D eigenvalue weighted by Crippen LogP contribution is 2.34. The number of likely N-dealkylation sites (tertiary alicyclic amines) is 1. The number of hydrogen-bond acceptors (Lipinski definition) is 5. The molecule has 2 fully saturated rings. The highest BCUT2D eigenvalue weighted by molar-refractivity contribution is 7.89. The van der Waals surface area contributed by atoms with Gasteiger partial charge in [-0.05, 0) is 63.3 Å². The molecule has 0 N–H and O–H groups in total. The van der Waals surface area contributed by atoms with Crippen molar-refractivity contribution in [2.24, 2.45) is 0 Å². The van der Waals surface area contributed by atoms with Crippen molar-refractivity contribution in [2.45, 2.75) is 68.8 Å². The van der Waals surface area contributed by atoms with E-state index in [0.29, 0.717) is 19.5 Å². The second kappa shape index (κ2) is 12.2. The van der Waals surface area contributed by atoms with Gasteiger partial charge >= 0.3 is 0 Å². The van der Waals surface area contributed by atoms with Crippen LogP contribution in [0.25, 0.3) is 0 Å². The van der Waals surface area contributed by atoms with E-state index in [1.54, 1.807) is 6.07 Å². The van der Waals surface area contributed by atoms with Crippen molar-refractivity contribution >= 4 is 39.1 Å². The Balaban J connectivity index is 1.38. The predicted octanol–water partition coefficient (Wildman–Crippen LogP) is 4.88. The zero-order valence-electron chi connectivity index (χ0n) is 20.5. The average molecular weight is 555 g/mol. The first kappa shape index (κ1) is 27.3. The molecule has 3 heterocycles. The highest BCUT2D eigenvalue weighted by Gasteiger charge is 2.36. The van der Waals surface area contributed by atoms with Gasteiger partial charge in [-0.25, -0.2) is 8.42 Å². The van der Waals surface area contributed by atoms with Crippen molar-refractivity contribution in [3.63, 3.8) is 0 Å². The molecule has 0 spiro atoms. The molecule has 10 heteroatoms.